The molecule has 0 aromatic heterocycles. The molecule has 8 nitrogen and oxygen atoms in total. The number of hydrogen-bond acceptors (Lipinski definition) is 5. The Balaban J connectivity index is 1.99. The lowest BCUT2D eigenvalue weighted by molar-refractivity contribution is -0.384. The van der Waals surface area contributed by atoms with E-state index in [9.17, 15) is 23.3 Å². The Morgan fingerprint density at radius 2 is 1.96 bits per heavy atom. The lowest BCUT2D eigenvalue weighted by Gasteiger charge is -2.15. The van der Waals surface area contributed by atoms with Crippen molar-refractivity contribution < 1.29 is 23.2 Å². The van der Waals surface area contributed by atoms with E-state index in [1.807, 2.05) is 0 Å². The second-order valence-electron chi connectivity index (χ2n) is 5.73. The van der Waals surface area contributed by atoms with Gasteiger partial charge in [0.1, 0.15) is 0 Å². The number of carbonyl (C=O) groups is 1. The lowest BCUT2D eigenvalue weighted by Crippen LogP contribution is -2.32. The molecule has 1 aliphatic rings. The summed E-state index contributed by atoms with van der Waals surface area (Å²) in [6, 6.07) is 5.72. The van der Waals surface area contributed by atoms with E-state index in [1.165, 1.54) is 28.6 Å². The summed E-state index contributed by atoms with van der Waals surface area (Å²) in [7, 11) is -3.55. The van der Waals surface area contributed by atoms with E-state index in [4.69, 9.17) is 5.11 Å². The average molecular weight is 342 g/mol. The van der Waals surface area contributed by atoms with Crippen molar-refractivity contribution in [3.63, 3.8) is 0 Å². The quantitative estimate of drug-likeness (QED) is 0.611. The fourth-order valence-electron chi connectivity index (χ4n) is 2.63. The van der Waals surface area contributed by atoms with Gasteiger partial charge in [0.25, 0.3) is 5.69 Å². The molecule has 1 N–H and O–H groups in total. The number of nitrogens with zero attached hydrogens (tertiary/aromatic N) is 2. The zero-order chi connectivity index (χ0) is 17.2. The number of benzene rings is 1. The monoisotopic (exact) mass is 342 g/mol. The SMILES string of the molecule is C[C@@H]1CN(S(=O)(=O)CCc2ccc([N+](=O)[O-])cc2)C[C@H]1C(=O)O. The Kier molecular flexibility index (Phi) is 5.00. The second kappa shape index (κ2) is 6.63. The summed E-state index contributed by atoms with van der Waals surface area (Å²) in [5.74, 6) is -2.03. The molecule has 0 amide bonds. The molecule has 126 valence electrons. The van der Waals surface area contributed by atoms with E-state index in [1.54, 1.807) is 6.92 Å². The molecule has 2 rings (SSSR count). The first-order valence-electron chi connectivity index (χ1n) is 7.14. The van der Waals surface area contributed by atoms with Gasteiger partial charge in [0, 0.05) is 25.2 Å². The Labute approximate surface area is 133 Å². The largest absolute Gasteiger partial charge is 0.481 e. The summed E-state index contributed by atoms with van der Waals surface area (Å²) in [4.78, 5) is 21.1. The Hall–Kier alpha value is -2.00. The van der Waals surface area contributed by atoms with Gasteiger partial charge >= 0.3 is 5.97 Å². The number of nitro benzene ring substituents is 1. The molecule has 1 fully saturated rings. The number of carboxylic acids is 1. The molecule has 1 aliphatic heterocycles. The van der Waals surface area contributed by atoms with E-state index in [-0.39, 0.29) is 36.9 Å². The molecule has 2 atom stereocenters. The number of non-ortho nitro benzene ring substituents is 1. The molecule has 9 heteroatoms. The molecule has 1 heterocycles. The van der Waals surface area contributed by atoms with Crippen LogP contribution in [-0.2, 0) is 21.2 Å². The van der Waals surface area contributed by atoms with Crippen LogP contribution in [0.25, 0.3) is 0 Å². The number of carboxylic acid groups (broad SMARTS) is 1. The third-order valence-electron chi connectivity index (χ3n) is 4.09. The number of nitro groups is 1. The van der Waals surface area contributed by atoms with Crippen molar-refractivity contribution in [2.24, 2.45) is 11.8 Å². The van der Waals surface area contributed by atoms with Gasteiger partial charge in [0.15, 0.2) is 0 Å². The Morgan fingerprint density at radius 3 is 2.43 bits per heavy atom. The number of aliphatic carboxylic acids is 1. The molecule has 1 aromatic rings. The summed E-state index contributed by atoms with van der Waals surface area (Å²) in [5, 5.41) is 19.6. The van der Waals surface area contributed by atoms with E-state index >= 15 is 0 Å². The fourth-order valence-corrected chi connectivity index (χ4v) is 4.23. The molecule has 0 bridgehead atoms. The van der Waals surface area contributed by atoms with Gasteiger partial charge in [-0.25, -0.2) is 12.7 Å². The van der Waals surface area contributed by atoms with Crippen LogP contribution in [0.15, 0.2) is 24.3 Å². The van der Waals surface area contributed by atoms with Gasteiger partial charge in [0.2, 0.25) is 10.0 Å². The van der Waals surface area contributed by atoms with Crippen molar-refractivity contribution >= 4 is 21.7 Å². The minimum Gasteiger partial charge on any atom is -0.481 e. The van der Waals surface area contributed by atoms with Gasteiger partial charge in [0.05, 0.1) is 16.6 Å². The zero-order valence-corrected chi connectivity index (χ0v) is 13.4. The zero-order valence-electron chi connectivity index (χ0n) is 12.6. The van der Waals surface area contributed by atoms with Crippen LogP contribution in [-0.4, -0.2) is 47.6 Å². The molecule has 0 saturated carbocycles. The molecule has 1 saturated heterocycles. The van der Waals surface area contributed by atoms with Crippen LogP contribution in [0.4, 0.5) is 5.69 Å². The van der Waals surface area contributed by atoms with Crippen molar-refractivity contribution in [2.45, 2.75) is 13.3 Å². The fraction of sp³-hybridized carbons (Fsp3) is 0.500. The Bertz CT molecular complexity index is 700. The van der Waals surface area contributed by atoms with Crippen molar-refractivity contribution in [3.05, 3.63) is 39.9 Å². The van der Waals surface area contributed by atoms with E-state index in [0.717, 1.165) is 0 Å². The minimum atomic E-state index is -3.55. The van der Waals surface area contributed by atoms with Crippen LogP contribution in [0.5, 0.6) is 0 Å². The first-order chi connectivity index (χ1) is 10.7. The van der Waals surface area contributed by atoms with Crippen molar-refractivity contribution in [1.29, 1.82) is 0 Å². The van der Waals surface area contributed by atoms with Gasteiger partial charge in [-0.1, -0.05) is 19.1 Å². The van der Waals surface area contributed by atoms with Crippen LogP contribution < -0.4 is 0 Å². The first kappa shape index (κ1) is 17.4. The topological polar surface area (TPSA) is 118 Å². The summed E-state index contributed by atoms with van der Waals surface area (Å²) >= 11 is 0. The van der Waals surface area contributed by atoms with E-state index in [0.29, 0.717) is 5.56 Å². The van der Waals surface area contributed by atoms with E-state index in [2.05, 4.69) is 0 Å². The molecule has 0 spiro atoms. The summed E-state index contributed by atoms with van der Waals surface area (Å²) in [6.07, 6.45) is 0.225. The lowest BCUT2D eigenvalue weighted by atomic mass is 9.99. The maximum absolute atomic E-state index is 12.3. The maximum Gasteiger partial charge on any atom is 0.308 e. The smallest absolute Gasteiger partial charge is 0.308 e. The molecule has 23 heavy (non-hydrogen) atoms. The van der Waals surface area contributed by atoms with Crippen LogP contribution in [0, 0.1) is 22.0 Å². The molecule has 0 aliphatic carbocycles. The second-order valence-corrected chi connectivity index (χ2v) is 7.82. The highest BCUT2D eigenvalue weighted by Gasteiger charge is 2.39. The molecular weight excluding hydrogens is 324 g/mol. The van der Waals surface area contributed by atoms with Crippen molar-refractivity contribution in [1.82, 2.24) is 4.31 Å². The third kappa shape index (κ3) is 4.05. The normalized spacial score (nSPS) is 22.1. The predicted molar refractivity (Wildman–Crippen MR) is 82.5 cm³/mol. The standard InChI is InChI=1S/C14H18N2O6S/c1-10-8-15(9-13(10)14(17)18)23(21,22)7-6-11-2-4-12(5-3-11)16(19)20/h2-5,10,13H,6-9H2,1H3,(H,17,18)/t10-,13-/m1/s1. The maximum atomic E-state index is 12.3. The number of rotatable bonds is 6. The first-order valence-corrected chi connectivity index (χ1v) is 8.75. The van der Waals surface area contributed by atoms with Gasteiger partial charge in [-0.05, 0) is 17.9 Å². The Morgan fingerprint density at radius 1 is 1.35 bits per heavy atom. The highest BCUT2D eigenvalue weighted by Crippen LogP contribution is 2.26. The van der Waals surface area contributed by atoms with Crippen LogP contribution in [0.3, 0.4) is 0 Å². The van der Waals surface area contributed by atoms with Crippen molar-refractivity contribution in [2.75, 3.05) is 18.8 Å². The highest BCUT2D eigenvalue weighted by molar-refractivity contribution is 7.89. The van der Waals surface area contributed by atoms with E-state index < -0.39 is 26.8 Å². The van der Waals surface area contributed by atoms with Gasteiger partial charge < -0.3 is 5.11 Å². The molecule has 1 aromatic carbocycles. The number of sulfonamides is 1. The molecule has 0 radical (unpaired) electrons. The summed E-state index contributed by atoms with van der Waals surface area (Å²) in [5.41, 5.74) is 0.635. The van der Waals surface area contributed by atoms with Gasteiger partial charge in [-0.3, -0.25) is 14.9 Å². The minimum absolute atomic E-state index is 0.000898. The van der Waals surface area contributed by atoms with Crippen molar-refractivity contribution in [3.8, 4) is 0 Å². The number of hydrogen-bond donors (Lipinski definition) is 1. The average Bonchev–Trinajstić information content (AvgIpc) is 2.89. The molecule has 0 unspecified atom stereocenters. The highest BCUT2D eigenvalue weighted by atomic mass is 32.2. The van der Waals surface area contributed by atoms with Gasteiger partial charge in [-0.15, -0.1) is 0 Å². The van der Waals surface area contributed by atoms with Crippen LogP contribution in [0.2, 0.25) is 0 Å². The van der Waals surface area contributed by atoms with Crippen LogP contribution >= 0.6 is 0 Å². The number of aryl methyl sites for hydroxylation is 1. The summed E-state index contributed by atoms with van der Waals surface area (Å²) < 4.78 is 25.9. The van der Waals surface area contributed by atoms with Crippen LogP contribution in [0.1, 0.15) is 12.5 Å². The predicted octanol–water partition coefficient (Wildman–Crippen LogP) is 1.12. The summed E-state index contributed by atoms with van der Waals surface area (Å²) in [6.45, 7) is 1.93. The molecular formula is C14H18N2O6S. The van der Waals surface area contributed by atoms with Gasteiger partial charge in [-0.2, -0.15) is 0 Å². The third-order valence-corrected chi connectivity index (χ3v) is 5.89.